The van der Waals surface area contributed by atoms with E-state index in [1.807, 2.05) is 0 Å². The van der Waals surface area contributed by atoms with Crippen molar-refractivity contribution < 1.29 is 23.9 Å². The Morgan fingerprint density at radius 1 is 1.00 bits per heavy atom. The van der Waals surface area contributed by atoms with E-state index in [-0.39, 0.29) is 60.8 Å². The fourth-order valence-corrected chi connectivity index (χ4v) is 5.51. The molecule has 6 nitrogen and oxygen atoms in total. The highest BCUT2D eigenvalue weighted by molar-refractivity contribution is 6.30. The SMILES string of the molecule is O=C(CCN1C(=O)[C@@H]2[C@@H]3C=C[C@@H]([C@@H]4C[C@H]34)[C@@H]2C1=O)OCC(=O)c1ccc(Cl)cc1. The van der Waals surface area contributed by atoms with Crippen LogP contribution in [0.5, 0.6) is 0 Å². The van der Waals surface area contributed by atoms with Gasteiger partial charge in [0.15, 0.2) is 12.4 Å². The zero-order valence-corrected chi connectivity index (χ0v) is 16.4. The van der Waals surface area contributed by atoms with E-state index in [2.05, 4.69) is 12.2 Å². The van der Waals surface area contributed by atoms with Crippen molar-refractivity contribution in [2.24, 2.45) is 35.5 Å². The lowest BCUT2D eigenvalue weighted by atomic mass is 9.63. The van der Waals surface area contributed by atoms with Gasteiger partial charge in [-0.05, 0) is 54.4 Å². The van der Waals surface area contributed by atoms with Crippen molar-refractivity contribution in [1.82, 2.24) is 4.90 Å². The number of amides is 2. The van der Waals surface area contributed by atoms with Crippen LogP contribution in [0.15, 0.2) is 36.4 Å². The lowest BCUT2D eigenvalue weighted by Gasteiger charge is -2.37. The molecule has 0 N–H and O–H groups in total. The van der Waals surface area contributed by atoms with Crippen LogP contribution in [0, 0.1) is 35.5 Å². The minimum atomic E-state index is -0.605. The summed E-state index contributed by atoms with van der Waals surface area (Å²) in [5.41, 5.74) is 0.401. The third-order valence-corrected chi connectivity index (χ3v) is 7.08. The first-order chi connectivity index (χ1) is 14.0. The number of hydrogen-bond acceptors (Lipinski definition) is 5. The highest BCUT2D eigenvalue weighted by atomic mass is 35.5. The molecular weight excluding hydrogens is 394 g/mol. The maximum Gasteiger partial charge on any atom is 0.308 e. The van der Waals surface area contributed by atoms with Crippen LogP contribution in [0.3, 0.4) is 0 Å². The van der Waals surface area contributed by atoms with Gasteiger partial charge < -0.3 is 4.74 Å². The fraction of sp³-hybridized carbons (Fsp3) is 0.455. The van der Waals surface area contributed by atoms with Crippen LogP contribution < -0.4 is 0 Å². The van der Waals surface area contributed by atoms with Crippen LogP contribution in [0.1, 0.15) is 23.2 Å². The van der Waals surface area contributed by atoms with E-state index in [1.54, 1.807) is 24.3 Å². The molecule has 0 aromatic heterocycles. The molecule has 150 valence electrons. The summed E-state index contributed by atoms with van der Waals surface area (Å²) < 4.78 is 5.03. The number of halogens is 1. The van der Waals surface area contributed by atoms with Crippen LogP contribution in [-0.2, 0) is 19.1 Å². The molecule has 1 aromatic carbocycles. The molecule has 7 heteroatoms. The van der Waals surface area contributed by atoms with Gasteiger partial charge in [0.1, 0.15) is 0 Å². The van der Waals surface area contributed by atoms with Crippen molar-refractivity contribution in [1.29, 1.82) is 0 Å². The van der Waals surface area contributed by atoms with Gasteiger partial charge in [-0.3, -0.25) is 24.1 Å². The Balaban J connectivity index is 1.15. The minimum absolute atomic E-state index is 0.00735. The molecule has 3 fully saturated rings. The van der Waals surface area contributed by atoms with E-state index in [9.17, 15) is 19.2 Å². The second-order valence-electron chi connectivity index (χ2n) is 8.32. The number of benzene rings is 1. The van der Waals surface area contributed by atoms with E-state index < -0.39 is 5.97 Å². The zero-order chi connectivity index (χ0) is 20.3. The predicted octanol–water partition coefficient (Wildman–Crippen LogP) is 2.51. The number of imide groups is 1. The molecule has 1 aromatic rings. The lowest BCUT2D eigenvalue weighted by Crippen LogP contribution is -2.40. The second kappa shape index (κ2) is 6.80. The number of likely N-dealkylation sites (tertiary alicyclic amines) is 1. The molecule has 1 heterocycles. The monoisotopic (exact) mass is 413 g/mol. The highest BCUT2D eigenvalue weighted by Crippen LogP contribution is 2.65. The van der Waals surface area contributed by atoms with Crippen molar-refractivity contribution in [2.75, 3.05) is 13.2 Å². The first kappa shape index (κ1) is 18.6. The van der Waals surface area contributed by atoms with Gasteiger partial charge in [-0.2, -0.15) is 0 Å². The van der Waals surface area contributed by atoms with Gasteiger partial charge in [0.25, 0.3) is 0 Å². The van der Waals surface area contributed by atoms with Crippen LogP contribution in [0.2, 0.25) is 5.02 Å². The van der Waals surface area contributed by atoms with Crippen molar-refractivity contribution in [2.45, 2.75) is 12.8 Å². The number of hydrogen-bond donors (Lipinski definition) is 0. The summed E-state index contributed by atoms with van der Waals surface area (Å²) in [5.74, 6) is -0.348. The Bertz CT molecular complexity index is 903. The van der Waals surface area contributed by atoms with Crippen LogP contribution >= 0.6 is 11.6 Å². The quantitative estimate of drug-likeness (QED) is 0.310. The predicted molar refractivity (Wildman–Crippen MR) is 103 cm³/mol. The molecule has 1 saturated heterocycles. The van der Waals surface area contributed by atoms with Gasteiger partial charge in [-0.15, -0.1) is 0 Å². The largest absolute Gasteiger partial charge is 0.457 e. The maximum absolute atomic E-state index is 12.8. The number of Topliss-reactive ketones (excluding diaryl/α,β-unsaturated/α-hetero) is 1. The molecule has 6 rings (SSSR count). The topological polar surface area (TPSA) is 80.8 Å². The highest BCUT2D eigenvalue weighted by Gasteiger charge is 2.66. The number of carbonyl (C=O) groups is 4. The number of allylic oxidation sites excluding steroid dienone is 2. The summed E-state index contributed by atoms with van der Waals surface area (Å²) >= 11 is 5.79. The number of ketones is 1. The third-order valence-electron chi connectivity index (χ3n) is 6.82. The Morgan fingerprint density at radius 2 is 1.59 bits per heavy atom. The van der Waals surface area contributed by atoms with E-state index in [0.717, 1.165) is 6.42 Å². The van der Waals surface area contributed by atoms with Crippen LogP contribution in [0.25, 0.3) is 0 Å². The Hall–Kier alpha value is -2.47. The summed E-state index contributed by atoms with van der Waals surface area (Å²) in [6.07, 6.45) is 5.24. The van der Waals surface area contributed by atoms with Gasteiger partial charge in [0.2, 0.25) is 11.8 Å². The average molecular weight is 414 g/mol. The van der Waals surface area contributed by atoms with Crippen molar-refractivity contribution in [3.63, 3.8) is 0 Å². The Kier molecular flexibility index (Phi) is 4.35. The number of carbonyl (C=O) groups excluding carboxylic acids is 4. The van der Waals surface area contributed by atoms with E-state index in [1.165, 1.54) is 4.90 Å². The summed E-state index contributed by atoms with van der Waals surface area (Å²) in [4.78, 5) is 51.1. The zero-order valence-electron chi connectivity index (χ0n) is 15.6. The molecule has 29 heavy (non-hydrogen) atoms. The molecule has 5 aliphatic rings. The standard InChI is InChI=1S/C22H20ClNO5/c23-12-3-1-11(2-4-12)17(25)10-29-18(26)7-8-24-21(27)19-13-5-6-14(16-9-15(13)16)20(19)22(24)28/h1-6,13-16,19-20H,7-10H2/t13-,14+,15-,16+,19-,20+. The number of esters is 1. The second-order valence-corrected chi connectivity index (χ2v) is 8.76. The van der Waals surface area contributed by atoms with Crippen molar-refractivity contribution in [3.8, 4) is 0 Å². The third kappa shape index (κ3) is 3.01. The lowest BCUT2D eigenvalue weighted by molar-refractivity contribution is -0.145. The normalized spacial score (nSPS) is 33.5. The molecule has 1 aliphatic heterocycles. The van der Waals surface area contributed by atoms with E-state index >= 15 is 0 Å². The Morgan fingerprint density at radius 3 is 2.17 bits per heavy atom. The molecule has 0 unspecified atom stereocenters. The molecule has 6 atom stereocenters. The number of rotatable bonds is 6. The van der Waals surface area contributed by atoms with Gasteiger partial charge >= 0.3 is 5.97 Å². The average Bonchev–Trinajstić information content (AvgIpc) is 3.50. The molecule has 0 radical (unpaired) electrons. The van der Waals surface area contributed by atoms with Gasteiger partial charge in [-0.1, -0.05) is 23.8 Å². The van der Waals surface area contributed by atoms with E-state index in [0.29, 0.717) is 22.4 Å². The maximum atomic E-state index is 12.8. The van der Waals surface area contributed by atoms with Gasteiger partial charge in [0.05, 0.1) is 18.3 Å². The minimum Gasteiger partial charge on any atom is -0.457 e. The van der Waals surface area contributed by atoms with E-state index in [4.69, 9.17) is 16.3 Å². The Labute approximate surface area is 172 Å². The fourth-order valence-electron chi connectivity index (χ4n) is 5.38. The van der Waals surface area contributed by atoms with Gasteiger partial charge in [-0.25, -0.2) is 0 Å². The molecular formula is C22H20ClNO5. The molecule has 4 aliphatic carbocycles. The van der Waals surface area contributed by atoms with Gasteiger partial charge in [0, 0.05) is 17.1 Å². The van der Waals surface area contributed by atoms with Crippen molar-refractivity contribution >= 4 is 35.2 Å². The summed E-state index contributed by atoms with van der Waals surface area (Å²) in [5, 5.41) is 0.514. The summed E-state index contributed by atoms with van der Waals surface area (Å²) in [7, 11) is 0. The van der Waals surface area contributed by atoms with Crippen LogP contribution in [-0.4, -0.2) is 41.6 Å². The summed E-state index contributed by atoms with van der Waals surface area (Å²) in [6.45, 7) is -0.377. The first-order valence-corrected chi connectivity index (χ1v) is 10.3. The molecule has 2 amide bonds. The van der Waals surface area contributed by atoms with Crippen molar-refractivity contribution in [3.05, 3.63) is 47.0 Å². The number of ether oxygens (including phenoxy) is 1. The molecule has 2 saturated carbocycles. The first-order valence-electron chi connectivity index (χ1n) is 9.93. The molecule has 2 bridgehead atoms. The smallest absolute Gasteiger partial charge is 0.308 e. The van der Waals surface area contributed by atoms with Crippen LogP contribution in [0.4, 0.5) is 0 Å². The summed E-state index contributed by atoms with van der Waals surface area (Å²) in [6, 6.07) is 6.31. The molecule has 0 spiro atoms. The number of nitrogens with zero attached hydrogens (tertiary/aromatic N) is 1.